The van der Waals surface area contributed by atoms with Gasteiger partial charge in [-0.25, -0.2) is 4.79 Å². The van der Waals surface area contributed by atoms with E-state index in [1.807, 2.05) is 19.1 Å². The van der Waals surface area contributed by atoms with Gasteiger partial charge in [0.25, 0.3) is 5.91 Å². The number of amides is 1. The molecule has 1 amide bonds. The van der Waals surface area contributed by atoms with Crippen LogP contribution >= 0.6 is 15.9 Å². The number of nitrogens with one attached hydrogen (secondary N) is 1. The topological polar surface area (TPSA) is 66.4 Å². The molecule has 2 aromatic carbocycles. The Kier molecular flexibility index (Phi) is 5.12. The molecule has 0 aliphatic carbocycles. The van der Waals surface area contributed by atoms with Gasteiger partial charge in [-0.1, -0.05) is 23.8 Å². The Morgan fingerprint density at radius 2 is 1.95 bits per heavy atom. The standard InChI is InChI=1S/C17H14BrNO3/c1-11-3-2-4-13(9-11)17(22)19-15-10-12(5-7-14(15)18)6-8-16(20)21/h2-10H,1H3,(H,19,22)(H,20,21)/b8-6+. The van der Waals surface area contributed by atoms with Crippen LogP contribution in [0.1, 0.15) is 21.5 Å². The number of aliphatic carboxylic acids is 1. The average Bonchev–Trinajstić information content (AvgIpc) is 2.48. The summed E-state index contributed by atoms with van der Waals surface area (Å²) in [4.78, 5) is 22.8. The average molecular weight is 360 g/mol. The first kappa shape index (κ1) is 16.0. The van der Waals surface area contributed by atoms with Gasteiger partial charge in [0.2, 0.25) is 0 Å². The minimum atomic E-state index is -1.02. The highest BCUT2D eigenvalue weighted by atomic mass is 79.9. The second-order valence-corrected chi connectivity index (χ2v) is 5.59. The van der Waals surface area contributed by atoms with E-state index < -0.39 is 5.97 Å². The summed E-state index contributed by atoms with van der Waals surface area (Å²) in [6, 6.07) is 12.5. The van der Waals surface area contributed by atoms with Gasteiger partial charge in [0.15, 0.2) is 0 Å². The highest BCUT2D eigenvalue weighted by molar-refractivity contribution is 9.10. The zero-order valence-corrected chi connectivity index (χ0v) is 13.4. The molecule has 0 fully saturated rings. The van der Waals surface area contributed by atoms with Gasteiger partial charge < -0.3 is 10.4 Å². The molecule has 112 valence electrons. The van der Waals surface area contributed by atoms with Crippen LogP contribution in [0.2, 0.25) is 0 Å². The Morgan fingerprint density at radius 1 is 1.18 bits per heavy atom. The third-order valence-corrected chi connectivity index (χ3v) is 3.63. The van der Waals surface area contributed by atoms with Gasteiger partial charge in [0, 0.05) is 16.1 Å². The molecule has 0 aliphatic heterocycles. The molecule has 0 radical (unpaired) electrons. The zero-order chi connectivity index (χ0) is 16.1. The summed E-state index contributed by atoms with van der Waals surface area (Å²) in [5.41, 5.74) is 2.84. The second kappa shape index (κ2) is 7.04. The van der Waals surface area contributed by atoms with Crippen LogP contribution in [0.3, 0.4) is 0 Å². The van der Waals surface area contributed by atoms with Gasteiger partial charge >= 0.3 is 5.97 Å². The van der Waals surface area contributed by atoms with Crippen LogP contribution in [0.4, 0.5) is 5.69 Å². The van der Waals surface area contributed by atoms with Crippen LogP contribution in [0.25, 0.3) is 6.08 Å². The first-order valence-electron chi connectivity index (χ1n) is 6.54. The maximum atomic E-state index is 12.3. The van der Waals surface area contributed by atoms with Crippen molar-refractivity contribution in [2.45, 2.75) is 6.92 Å². The molecule has 5 heteroatoms. The van der Waals surface area contributed by atoms with Gasteiger partial charge in [-0.15, -0.1) is 0 Å². The molecule has 2 N–H and O–H groups in total. The van der Waals surface area contributed by atoms with E-state index in [4.69, 9.17) is 5.11 Å². The fraction of sp³-hybridized carbons (Fsp3) is 0.0588. The summed E-state index contributed by atoms with van der Waals surface area (Å²) < 4.78 is 0.723. The number of carbonyl (C=O) groups is 2. The van der Waals surface area contributed by atoms with Gasteiger partial charge in [-0.2, -0.15) is 0 Å². The number of hydrogen-bond acceptors (Lipinski definition) is 2. The van der Waals surface area contributed by atoms with E-state index >= 15 is 0 Å². The Morgan fingerprint density at radius 3 is 2.64 bits per heavy atom. The number of anilines is 1. The molecule has 0 saturated carbocycles. The lowest BCUT2D eigenvalue weighted by atomic mass is 10.1. The van der Waals surface area contributed by atoms with Crippen molar-refractivity contribution < 1.29 is 14.7 Å². The quantitative estimate of drug-likeness (QED) is 0.807. The molecule has 22 heavy (non-hydrogen) atoms. The molecular formula is C17H14BrNO3. The molecule has 2 rings (SSSR count). The van der Waals surface area contributed by atoms with E-state index in [2.05, 4.69) is 21.2 Å². The first-order chi connectivity index (χ1) is 10.5. The van der Waals surface area contributed by atoms with Crippen molar-refractivity contribution in [2.24, 2.45) is 0 Å². The molecule has 0 aliphatic rings. The number of carbonyl (C=O) groups excluding carboxylic acids is 1. The number of halogens is 1. The molecule has 0 spiro atoms. The number of rotatable bonds is 4. The molecule has 0 saturated heterocycles. The van der Waals surface area contributed by atoms with Crippen LogP contribution < -0.4 is 5.32 Å². The van der Waals surface area contributed by atoms with Crippen molar-refractivity contribution >= 4 is 39.6 Å². The van der Waals surface area contributed by atoms with Crippen LogP contribution in [0, 0.1) is 6.92 Å². The van der Waals surface area contributed by atoms with Crippen LogP contribution in [0.5, 0.6) is 0 Å². The molecule has 0 atom stereocenters. The van der Waals surface area contributed by atoms with E-state index in [1.54, 1.807) is 30.3 Å². The smallest absolute Gasteiger partial charge is 0.328 e. The maximum Gasteiger partial charge on any atom is 0.328 e. The third-order valence-electron chi connectivity index (χ3n) is 2.94. The summed E-state index contributed by atoms with van der Waals surface area (Å²) in [5, 5.41) is 11.5. The van der Waals surface area contributed by atoms with Gasteiger partial charge in [-0.3, -0.25) is 4.79 Å². The molecule has 0 heterocycles. The Balaban J connectivity index is 2.23. The maximum absolute atomic E-state index is 12.3. The lowest BCUT2D eigenvalue weighted by Gasteiger charge is -2.09. The number of hydrogen-bond donors (Lipinski definition) is 2. The molecule has 4 nitrogen and oxygen atoms in total. The van der Waals surface area contributed by atoms with Crippen LogP contribution in [-0.4, -0.2) is 17.0 Å². The minimum Gasteiger partial charge on any atom is -0.478 e. The Labute approximate surface area is 136 Å². The van der Waals surface area contributed by atoms with E-state index in [9.17, 15) is 9.59 Å². The van der Waals surface area contributed by atoms with Gasteiger partial charge in [-0.05, 0) is 58.8 Å². The van der Waals surface area contributed by atoms with Crippen molar-refractivity contribution in [1.82, 2.24) is 0 Å². The highest BCUT2D eigenvalue weighted by Crippen LogP contribution is 2.25. The number of carboxylic acids is 1. The Hall–Kier alpha value is -2.40. The fourth-order valence-corrected chi connectivity index (χ4v) is 2.24. The van der Waals surface area contributed by atoms with E-state index in [-0.39, 0.29) is 5.91 Å². The predicted molar refractivity (Wildman–Crippen MR) is 89.9 cm³/mol. The van der Waals surface area contributed by atoms with E-state index in [0.717, 1.165) is 16.1 Å². The lowest BCUT2D eigenvalue weighted by molar-refractivity contribution is -0.131. The number of benzene rings is 2. The van der Waals surface area contributed by atoms with Gasteiger partial charge in [0.1, 0.15) is 0 Å². The largest absolute Gasteiger partial charge is 0.478 e. The fourth-order valence-electron chi connectivity index (χ4n) is 1.89. The van der Waals surface area contributed by atoms with E-state index in [0.29, 0.717) is 16.8 Å². The molecular weight excluding hydrogens is 346 g/mol. The number of carboxylic acid groups (broad SMARTS) is 1. The zero-order valence-electron chi connectivity index (χ0n) is 11.8. The number of aryl methyl sites for hydroxylation is 1. The van der Waals surface area contributed by atoms with Crippen LogP contribution in [-0.2, 0) is 4.79 Å². The highest BCUT2D eigenvalue weighted by Gasteiger charge is 2.08. The summed E-state index contributed by atoms with van der Waals surface area (Å²) in [6.07, 6.45) is 2.52. The van der Waals surface area contributed by atoms with Crippen LogP contribution in [0.15, 0.2) is 53.0 Å². The molecule has 0 aromatic heterocycles. The van der Waals surface area contributed by atoms with Gasteiger partial charge in [0.05, 0.1) is 5.69 Å². The third kappa shape index (κ3) is 4.30. The second-order valence-electron chi connectivity index (χ2n) is 4.73. The van der Waals surface area contributed by atoms with E-state index in [1.165, 1.54) is 6.08 Å². The SMILES string of the molecule is Cc1cccc(C(=O)Nc2cc(/C=C/C(=O)O)ccc2Br)c1. The lowest BCUT2D eigenvalue weighted by Crippen LogP contribution is -2.12. The Bertz CT molecular complexity index is 753. The van der Waals surface area contributed by atoms with Crippen molar-refractivity contribution in [3.05, 3.63) is 69.7 Å². The summed E-state index contributed by atoms with van der Waals surface area (Å²) in [7, 11) is 0. The molecule has 0 unspecified atom stereocenters. The van der Waals surface area contributed by atoms with Crippen molar-refractivity contribution in [3.63, 3.8) is 0 Å². The summed E-state index contributed by atoms with van der Waals surface area (Å²) in [5.74, 6) is -1.24. The van der Waals surface area contributed by atoms with Crippen molar-refractivity contribution in [1.29, 1.82) is 0 Å². The predicted octanol–water partition coefficient (Wildman–Crippen LogP) is 4.11. The van der Waals surface area contributed by atoms with Crippen molar-refractivity contribution in [2.75, 3.05) is 5.32 Å². The monoisotopic (exact) mass is 359 g/mol. The molecule has 2 aromatic rings. The summed E-state index contributed by atoms with van der Waals surface area (Å²) >= 11 is 3.37. The summed E-state index contributed by atoms with van der Waals surface area (Å²) in [6.45, 7) is 1.92. The normalized spacial score (nSPS) is 10.6. The molecule has 0 bridgehead atoms. The first-order valence-corrected chi connectivity index (χ1v) is 7.33. The minimum absolute atomic E-state index is 0.219. The van der Waals surface area contributed by atoms with Crippen molar-refractivity contribution in [3.8, 4) is 0 Å².